The van der Waals surface area contributed by atoms with Crippen molar-refractivity contribution in [3.05, 3.63) is 39.0 Å². The highest BCUT2D eigenvalue weighted by atomic mass is 35.5. The average molecular weight is 514 g/mol. The van der Waals surface area contributed by atoms with Crippen molar-refractivity contribution < 1.29 is 9.59 Å². The van der Waals surface area contributed by atoms with Crippen molar-refractivity contribution in [2.45, 2.75) is 65.7 Å². The zero-order valence-corrected chi connectivity index (χ0v) is 22.4. The SMILES string of the molecule is CC1=C2N(C)C(=O)C(C(=O)Nc3c(Cl)cc(C#N)cc3Cl)C[C@]2(C)[C@@H]2CC[C@]3(C)CCC[C@H]3[C@@H]2C1. The number of amides is 2. The van der Waals surface area contributed by atoms with Crippen LogP contribution in [0.1, 0.15) is 71.3 Å². The molecule has 6 atom stereocenters. The number of nitriles is 1. The molecule has 1 aromatic carbocycles. The van der Waals surface area contributed by atoms with E-state index in [1.165, 1.54) is 43.4 Å². The fourth-order valence-electron chi connectivity index (χ4n) is 8.41. The zero-order valence-electron chi connectivity index (χ0n) is 20.9. The normalized spacial score (nSPS) is 36.3. The minimum atomic E-state index is -0.819. The van der Waals surface area contributed by atoms with Crippen LogP contribution in [0.15, 0.2) is 23.4 Å². The van der Waals surface area contributed by atoms with Crippen LogP contribution < -0.4 is 5.32 Å². The smallest absolute Gasteiger partial charge is 0.239 e. The lowest BCUT2D eigenvalue weighted by atomic mass is 9.48. The van der Waals surface area contributed by atoms with Gasteiger partial charge in [-0.05, 0) is 80.8 Å². The topological polar surface area (TPSA) is 73.2 Å². The minimum absolute atomic E-state index is 0.185. The molecule has 0 aromatic heterocycles. The molecule has 1 heterocycles. The van der Waals surface area contributed by atoms with Gasteiger partial charge in [0, 0.05) is 18.2 Å². The van der Waals surface area contributed by atoms with Gasteiger partial charge in [-0.25, -0.2) is 0 Å². The van der Waals surface area contributed by atoms with Gasteiger partial charge in [0.2, 0.25) is 11.8 Å². The van der Waals surface area contributed by atoms with Crippen molar-refractivity contribution in [3.63, 3.8) is 0 Å². The summed E-state index contributed by atoms with van der Waals surface area (Å²) in [6.45, 7) is 6.95. The molecule has 7 heteroatoms. The summed E-state index contributed by atoms with van der Waals surface area (Å²) in [5, 5.41) is 12.3. The number of benzene rings is 1. The van der Waals surface area contributed by atoms with Gasteiger partial charge >= 0.3 is 0 Å². The Morgan fingerprint density at radius 3 is 2.51 bits per heavy atom. The third-order valence-corrected chi connectivity index (χ3v) is 10.4. The lowest BCUT2D eigenvalue weighted by Crippen LogP contribution is -2.57. The first-order valence-electron chi connectivity index (χ1n) is 12.7. The molecule has 5 nitrogen and oxygen atoms in total. The molecule has 0 bridgehead atoms. The molecule has 1 N–H and O–H groups in total. The maximum atomic E-state index is 13.5. The monoisotopic (exact) mass is 513 g/mol. The summed E-state index contributed by atoms with van der Waals surface area (Å²) >= 11 is 12.6. The van der Waals surface area contributed by atoms with E-state index in [0.717, 1.165) is 24.5 Å². The van der Waals surface area contributed by atoms with E-state index in [2.05, 4.69) is 26.1 Å². The van der Waals surface area contributed by atoms with E-state index < -0.39 is 11.8 Å². The molecular weight excluding hydrogens is 481 g/mol. The number of carbonyl (C=O) groups excluding carboxylic acids is 2. The molecule has 3 fully saturated rings. The first-order chi connectivity index (χ1) is 16.5. The Balaban J connectivity index is 1.48. The molecule has 1 unspecified atom stereocenters. The highest BCUT2D eigenvalue weighted by Crippen LogP contribution is 2.66. The van der Waals surface area contributed by atoms with Crippen LogP contribution in [0.4, 0.5) is 5.69 Å². The highest BCUT2D eigenvalue weighted by Gasteiger charge is 2.60. The molecule has 1 aliphatic heterocycles. The molecule has 4 aliphatic rings. The number of hydrogen-bond acceptors (Lipinski definition) is 3. The van der Waals surface area contributed by atoms with Gasteiger partial charge in [-0.3, -0.25) is 9.59 Å². The Morgan fingerprint density at radius 2 is 1.86 bits per heavy atom. The predicted molar refractivity (Wildman–Crippen MR) is 138 cm³/mol. The summed E-state index contributed by atoms with van der Waals surface area (Å²) in [5.41, 5.74) is 3.19. The number of allylic oxidation sites excluding steroid dienone is 2. The number of halogens is 2. The molecule has 2 saturated carbocycles. The fourth-order valence-corrected chi connectivity index (χ4v) is 9.00. The number of piperidine rings is 1. The van der Waals surface area contributed by atoms with Crippen LogP contribution in [-0.2, 0) is 9.59 Å². The fraction of sp³-hybridized carbons (Fsp3) is 0.607. The number of fused-ring (bicyclic) bond motifs is 5. The number of nitrogens with zero attached hydrogens (tertiary/aromatic N) is 2. The quantitative estimate of drug-likeness (QED) is 0.441. The van der Waals surface area contributed by atoms with E-state index >= 15 is 0 Å². The third-order valence-electron chi connectivity index (χ3n) is 9.85. The van der Waals surface area contributed by atoms with E-state index in [9.17, 15) is 9.59 Å². The summed E-state index contributed by atoms with van der Waals surface area (Å²) < 4.78 is 0. The number of anilines is 1. The van der Waals surface area contributed by atoms with Crippen molar-refractivity contribution in [1.29, 1.82) is 5.26 Å². The van der Waals surface area contributed by atoms with Crippen LogP contribution in [0.2, 0.25) is 10.0 Å². The number of nitrogens with one attached hydrogen (secondary N) is 1. The number of hydrogen-bond donors (Lipinski definition) is 1. The Morgan fingerprint density at radius 1 is 1.17 bits per heavy atom. The molecule has 1 saturated heterocycles. The van der Waals surface area contributed by atoms with Crippen LogP contribution in [0.25, 0.3) is 0 Å². The van der Waals surface area contributed by atoms with Gasteiger partial charge in [-0.15, -0.1) is 0 Å². The van der Waals surface area contributed by atoms with Gasteiger partial charge < -0.3 is 10.2 Å². The molecular formula is C28H33Cl2N3O2. The molecule has 3 aliphatic carbocycles. The van der Waals surface area contributed by atoms with Crippen molar-refractivity contribution in [3.8, 4) is 6.07 Å². The van der Waals surface area contributed by atoms with Crippen LogP contribution in [0.5, 0.6) is 0 Å². The van der Waals surface area contributed by atoms with Gasteiger partial charge in [-0.2, -0.15) is 5.26 Å². The van der Waals surface area contributed by atoms with Gasteiger partial charge in [-0.1, -0.05) is 49.0 Å². The zero-order chi connectivity index (χ0) is 25.3. The summed E-state index contributed by atoms with van der Waals surface area (Å²) in [7, 11) is 1.82. The largest absolute Gasteiger partial charge is 0.323 e. The van der Waals surface area contributed by atoms with E-state index in [1.54, 1.807) is 4.90 Å². The second-order valence-electron chi connectivity index (χ2n) is 11.8. The van der Waals surface area contributed by atoms with E-state index in [-0.39, 0.29) is 27.1 Å². The summed E-state index contributed by atoms with van der Waals surface area (Å²) in [6.07, 6.45) is 7.85. The van der Waals surface area contributed by atoms with Crippen LogP contribution in [0, 0.1) is 45.8 Å². The Labute approximate surface area is 217 Å². The van der Waals surface area contributed by atoms with Gasteiger partial charge in [0.25, 0.3) is 0 Å². The number of carbonyl (C=O) groups is 2. The van der Waals surface area contributed by atoms with Crippen LogP contribution in [0.3, 0.4) is 0 Å². The molecule has 0 spiro atoms. The first kappa shape index (κ1) is 24.7. The van der Waals surface area contributed by atoms with Gasteiger partial charge in [0.15, 0.2) is 0 Å². The molecule has 186 valence electrons. The van der Waals surface area contributed by atoms with E-state index in [1.807, 2.05) is 13.1 Å². The molecule has 1 aromatic rings. The maximum Gasteiger partial charge on any atom is 0.239 e. The minimum Gasteiger partial charge on any atom is -0.323 e. The molecule has 5 rings (SSSR count). The molecule has 0 radical (unpaired) electrons. The maximum absolute atomic E-state index is 13.5. The van der Waals surface area contributed by atoms with Crippen molar-refractivity contribution in [2.75, 3.05) is 12.4 Å². The number of likely N-dealkylation sites (tertiary alicyclic amines) is 1. The summed E-state index contributed by atoms with van der Waals surface area (Å²) in [6, 6.07) is 4.94. The standard InChI is InChI=1S/C28H33Cl2N3O2/c1-15-10-17-19-6-5-8-27(19,2)9-7-20(17)28(3)13-18(26(35)33(4)24(15)28)25(34)32-23-21(29)11-16(14-31)12-22(23)30/h11-12,17-20H,5-10,13H2,1-4H3,(H,32,34)/t17-,18?,19-,20+,27-,28+/m0/s1. The van der Waals surface area contributed by atoms with E-state index in [0.29, 0.717) is 29.2 Å². The van der Waals surface area contributed by atoms with Crippen molar-refractivity contribution >= 4 is 40.7 Å². The van der Waals surface area contributed by atoms with Crippen molar-refractivity contribution in [1.82, 2.24) is 4.90 Å². The van der Waals surface area contributed by atoms with Crippen molar-refractivity contribution in [2.24, 2.45) is 34.5 Å². The number of rotatable bonds is 2. The van der Waals surface area contributed by atoms with Gasteiger partial charge in [0.1, 0.15) is 5.92 Å². The lowest BCUT2D eigenvalue weighted by Gasteiger charge is -2.59. The lowest BCUT2D eigenvalue weighted by molar-refractivity contribution is -0.147. The summed E-state index contributed by atoms with van der Waals surface area (Å²) in [5.74, 6) is 0.399. The second kappa shape index (κ2) is 8.53. The Hall–Kier alpha value is -2.03. The van der Waals surface area contributed by atoms with Gasteiger partial charge in [0.05, 0.1) is 27.4 Å². The Kier molecular flexibility index (Phi) is 6.01. The van der Waals surface area contributed by atoms with Crippen LogP contribution >= 0.6 is 23.2 Å². The highest BCUT2D eigenvalue weighted by molar-refractivity contribution is 6.40. The molecule has 2 amide bonds. The second-order valence-corrected chi connectivity index (χ2v) is 12.6. The van der Waals surface area contributed by atoms with Crippen LogP contribution in [-0.4, -0.2) is 23.8 Å². The predicted octanol–water partition coefficient (Wildman–Crippen LogP) is 6.80. The van der Waals surface area contributed by atoms with E-state index in [4.69, 9.17) is 28.5 Å². The summed E-state index contributed by atoms with van der Waals surface area (Å²) in [4.78, 5) is 28.8. The Bertz CT molecular complexity index is 1160. The third kappa shape index (κ3) is 3.71. The molecule has 35 heavy (non-hydrogen) atoms. The first-order valence-corrected chi connectivity index (χ1v) is 13.4. The average Bonchev–Trinajstić information content (AvgIpc) is 3.20.